The van der Waals surface area contributed by atoms with E-state index in [1.165, 1.54) is 44.1 Å². The lowest BCUT2D eigenvalue weighted by Gasteiger charge is -2.52. The van der Waals surface area contributed by atoms with Gasteiger partial charge in [-0.1, -0.05) is 85.1 Å². The summed E-state index contributed by atoms with van der Waals surface area (Å²) in [7, 11) is 0. The van der Waals surface area contributed by atoms with Crippen LogP contribution in [0.1, 0.15) is 75.0 Å². The Morgan fingerprint density at radius 1 is 1.24 bits per heavy atom. The van der Waals surface area contributed by atoms with Crippen LogP contribution in [0.4, 0.5) is 0 Å². The molecular weight excluding hydrogens is 527 g/mol. The number of ether oxygens (including phenoxy) is 2. The molecule has 3 aliphatic rings. The van der Waals surface area contributed by atoms with Crippen molar-refractivity contribution in [3.8, 4) is 0 Å². The van der Waals surface area contributed by atoms with E-state index in [4.69, 9.17) is 44.3 Å². The zero-order chi connectivity index (χ0) is 27.0. The Labute approximate surface area is 237 Å². The summed E-state index contributed by atoms with van der Waals surface area (Å²) in [5.41, 5.74) is 5.04. The molecule has 7 atom stereocenters. The van der Waals surface area contributed by atoms with E-state index in [9.17, 15) is 4.79 Å². The number of rotatable bonds is 9. The number of esters is 1. The molecule has 0 N–H and O–H groups in total. The third kappa shape index (κ3) is 6.26. The largest absolute Gasteiger partial charge is 0.458 e. The summed E-state index contributed by atoms with van der Waals surface area (Å²) < 4.78 is 9.81. The van der Waals surface area contributed by atoms with E-state index in [2.05, 4.69) is 52.1 Å². The smallest absolute Gasteiger partial charge is 0.336 e. The van der Waals surface area contributed by atoms with Gasteiger partial charge in [0, 0.05) is 6.42 Å². The van der Waals surface area contributed by atoms with E-state index in [0.717, 1.165) is 11.8 Å². The molecule has 0 saturated heterocycles. The number of fused-ring (bicyclic) bond motifs is 5. The highest BCUT2D eigenvalue weighted by Crippen LogP contribution is 2.64. The first kappa shape index (κ1) is 29.0. The molecule has 0 amide bonds. The number of hydrogen-bond donors (Lipinski definition) is 0. The third-order valence-corrected chi connectivity index (χ3v) is 9.99. The van der Waals surface area contributed by atoms with Gasteiger partial charge >= 0.3 is 5.97 Å². The highest BCUT2D eigenvalue weighted by atomic mass is 35.6. The predicted octanol–water partition coefficient (Wildman–Crippen LogP) is 8.53. The van der Waals surface area contributed by atoms with Crippen LogP contribution >= 0.6 is 34.8 Å². The molecule has 3 nitrogen and oxygen atoms in total. The van der Waals surface area contributed by atoms with Gasteiger partial charge in [-0.05, 0) is 91.6 Å². The van der Waals surface area contributed by atoms with Gasteiger partial charge in [-0.2, -0.15) is 0 Å². The SMILES string of the molecule is C=CC[C@@H](OC(=O)C(=C)COCC(Cl)(Cl)Cl)[C@@H](C)[C@H]1CC[C@H]2[C@@H]3CCc4cc(C)ccc4[C@H]3CC[C@]12C. The van der Waals surface area contributed by atoms with Gasteiger partial charge in [-0.15, -0.1) is 6.58 Å². The lowest BCUT2D eigenvalue weighted by Crippen LogP contribution is -2.45. The first-order valence-electron chi connectivity index (χ1n) is 13.7. The second-order valence-corrected chi connectivity index (χ2v) is 14.4. The van der Waals surface area contributed by atoms with Crippen LogP contribution in [0.3, 0.4) is 0 Å². The van der Waals surface area contributed by atoms with Crippen molar-refractivity contribution in [2.75, 3.05) is 13.2 Å². The van der Waals surface area contributed by atoms with E-state index in [0.29, 0.717) is 18.3 Å². The molecule has 0 radical (unpaired) electrons. The summed E-state index contributed by atoms with van der Waals surface area (Å²) in [5, 5.41) is 0. The lowest BCUT2D eigenvalue weighted by molar-refractivity contribution is -0.150. The summed E-state index contributed by atoms with van der Waals surface area (Å²) in [6, 6.07) is 7.10. The van der Waals surface area contributed by atoms with Crippen molar-refractivity contribution < 1.29 is 14.3 Å². The predicted molar refractivity (Wildman–Crippen MR) is 153 cm³/mol. The topological polar surface area (TPSA) is 35.5 Å². The van der Waals surface area contributed by atoms with Crippen molar-refractivity contribution in [2.45, 2.75) is 81.5 Å². The molecule has 0 bridgehead atoms. The lowest BCUT2D eigenvalue weighted by atomic mass is 9.53. The van der Waals surface area contributed by atoms with E-state index >= 15 is 0 Å². The molecule has 2 fully saturated rings. The van der Waals surface area contributed by atoms with Crippen molar-refractivity contribution in [1.82, 2.24) is 0 Å². The van der Waals surface area contributed by atoms with Crippen LogP contribution in [0.15, 0.2) is 43.0 Å². The minimum absolute atomic E-state index is 0.0325. The van der Waals surface area contributed by atoms with Gasteiger partial charge in [0.25, 0.3) is 0 Å². The molecule has 0 aliphatic heterocycles. The zero-order valence-corrected chi connectivity index (χ0v) is 24.7. The van der Waals surface area contributed by atoms with Crippen molar-refractivity contribution in [3.63, 3.8) is 0 Å². The average Bonchev–Trinajstić information content (AvgIpc) is 3.19. The van der Waals surface area contributed by atoms with Gasteiger partial charge in [-0.3, -0.25) is 0 Å². The number of carbonyl (C=O) groups is 1. The zero-order valence-electron chi connectivity index (χ0n) is 22.4. The highest BCUT2D eigenvalue weighted by molar-refractivity contribution is 6.67. The van der Waals surface area contributed by atoms with Crippen LogP contribution in [-0.2, 0) is 20.7 Å². The summed E-state index contributed by atoms with van der Waals surface area (Å²) in [6.45, 7) is 14.6. The fourth-order valence-corrected chi connectivity index (χ4v) is 8.21. The van der Waals surface area contributed by atoms with Crippen LogP contribution in [0.25, 0.3) is 0 Å². The van der Waals surface area contributed by atoms with Crippen molar-refractivity contribution in [3.05, 3.63) is 59.7 Å². The molecule has 1 aromatic carbocycles. The number of alkyl halides is 3. The van der Waals surface area contributed by atoms with Crippen molar-refractivity contribution in [1.29, 1.82) is 0 Å². The van der Waals surface area contributed by atoms with Crippen LogP contribution < -0.4 is 0 Å². The van der Waals surface area contributed by atoms with Gasteiger partial charge in [0.2, 0.25) is 3.79 Å². The second-order valence-electron chi connectivity index (χ2n) is 11.9. The second kappa shape index (κ2) is 11.6. The Balaban J connectivity index is 1.43. The molecule has 0 heterocycles. The highest BCUT2D eigenvalue weighted by Gasteiger charge is 2.56. The monoisotopic (exact) mass is 566 g/mol. The van der Waals surface area contributed by atoms with E-state index in [1.807, 2.05) is 6.08 Å². The third-order valence-electron chi connectivity index (χ3n) is 9.66. The maximum Gasteiger partial charge on any atom is 0.336 e. The summed E-state index contributed by atoms with van der Waals surface area (Å²) >= 11 is 17.2. The molecular formula is C31H41Cl3O3. The minimum Gasteiger partial charge on any atom is -0.458 e. The van der Waals surface area contributed by atoms with E-state index in [1.54, 1.807) is 11.1 Å². The maximum absolute atomic E-state index is 12.9. The van der Waals surface area contributed by atoms with Crippen molar-refractivity contribution in [2.24, 2.45) is 29.1 Å². The molecule has 37 heavy (non-hydrogen) atoms. The van der Waals surface area contributed by atoms with Crippen LogP contribution in [0.5, 0.6) is 0 Å². The maximum atomic E-state index is 12.9. The normalized spacial score (nSPS) is 30.4. The Hall–Kier alpha value is -1.00. The number of carbonyl (C=O) groups excluding carboxylic acids is 1. The van der Waals surface area contributed by atoms with Crippen molar-refractivity contribution >= 4 is 40.8 Å². The van der Waals surface area contributed by atoms with Gasteiger partial charge in [0.15, 0.2) is 0 Å². The number of benzene rings is 1. The Morgan fingerprint density at radius 3 is 2.70 bits per heavy atom. The first-order valence-corrected chi connectivity index (χ1v) is 14.8. The molecule has 0 spiro atoms. The average molecular weight is 568 g/mol. The van der Waals surface area contributed by atoms with Gasteiger partial charge in [0.1, 0.15) is 6.10 Å². The molecule has 0 unspecified atom stereocenters. The summed E-state index contributed by atoms with van der Waals surface area (Å²) in [5.74, 6) is 2.44. The summed E-state index contributed by atoms with van der Waals surface area (Å²) in [6.07, 6.45) is 9.64. The Bertz CT molecular complexity index is 1020. The number of aryl methyl sites for hydroxylation is 2. The number of hydrogen-bond acceptors (Lipinski definition) is 3. The first-order chi connectivity index (χ1) is 17.4. The van der Waals surface area contributed by atoms with E-state index in [-0.39, 0.29) is 36.2 Å². The molecule has 1 aromatic rings. The number of halogens is 3. The molecule has 4 rings (SSSR count). The fraction of sp³-hybridized carbons (Fsp3) is 0.645. The van der Waals surface area contributed by atoms with Gasteiger partial charge in [0.05, 0.1) is 18.8 Å². The molecule has 6 heteroatoms. The Kier molecular flexibility index (Phi) is 9.11. The molecule has 2 saturated carbocycles. The fourth-order valence-electron chi connectivity index (χ4n) is 7.98. The quantitative estimate of drug-likeness (QED) is 0.130. The van der Waals surface area contributed by atoms with Crippen LogP contribution in [0.2, 0.25) is 0 Å². The van der Waals surface area contributed by atoms with E-state index < -0.39 is 9.76 Å². The molecule has 0 aromatic heterocycles. The molecule has 3 aliphatic carbocycles. The summed E-state index contributed by atoms with van der Waals surface area (Å²) in [4.78, 5) is 12.9. The van der Waals surface area contributed by atoms with Crippen LogP contribution in [0, 0.1) is 36.0 Å². The van der Waals surface area contributed by atoms with Gasteiger partial charge in [-0.25, -0.2) is 4.79 Å². The minimum atomic E-state index is -1.53. The molecule has 204 valence electrons. The van der Waals surface area contributed by atoms with Gasteiger partial charge < -0.3 is 9.47 Å². The standard InChI is InChI=1S/C31H41Cl3O3/c1-6-7-28(37-29(35)20(3)17-36-18-31(32,33)34)21(4)26-12-13-27-25-11-9-22-16-19(2)8-10-23(22)24(25)14-15-30(26,27)5/h6,8,10,16,21,24-28H,1,3,7,9,11-15,17-18H2,2,4-5H3/t21-,24+,25+,26+,27-,28+,30+/m0/s1. The van der Waals surface area contributed by atoms with Crippen LogP contribution in [-0.4, -0.2) is 29.1 Å². The Morgan fingerprint density at radius 2 is 2.00 bits per heavy atom.